The Balaban J connectivity index is 2.40. The largest absolute Gasteiger partial charge is 0.383 e. The molecule has 0 radical (unpaired) electrons. The second-order valence-corrected chi connectivity index (χ2v) is 4.73. The van der Waals surface area contributed by atoms with Crippen molar-refractivity contribution in [3.05, 3.63) is 56.6 Å². The molecule has 1 heterocycles. The molecule has 0 aliphatic carbocycles. The number of hydrogen-bond acceptors (Lipinski definition) is 7. The molecular weight excluding hydrogens is 284 g/mol. The third-order valence-corrected chi connectivity index (χ3v) is 3.28. The van der Waals surface area contributed by atoms with Crippen LogP contribution in [0.4, 0.5) is 17.2 Å². The van der Waals surface area contributed by atoms with Gasteiger partial charge in [0.1, 0.15) is 10.8 Å². The van der Waals surface area contributed by atoms with Crippen LogP contribution in [0.1, 0.15) is 0 Å². The Hall–Kier alpha value is -2.68. The molecule has 2 N–H and O–H groups in total. The highest BCUT2D eigenvalue weighted by molar-refractivity contribution is 7.99. The molecule has 0 spiro atoms. The third kappa shape index (κ3) is 3.01. The molecule has 9 heteroatoms. The second-order valence-electron chi connectivity index (χ2n) is 3.67. The summed E-state index contributed by atoms with van der Waals surface area (Å²) in [5, 5.41) is 21.9. The zero-order valence-corrected chi connectivity index (χ0v) is 10.7. The molecule has 0 unspecified atom stereocenters. The Morgan fingerprint density at radius 3 is 2.45 bits per heavy atom. The molecule has 1 aromatic heterocycles. The molecule has 8 nitrogen and oxygen atoms in total. The van der Waals surface area contributed by atoms with Crippen LogP contribution in [0.2, 0.25) is 0 Å². The lowest BCUT2D eigenvalue weighted by molar-refractivity contribution is -0.387. The number of nitro benzene ring substituents is 1. The van der Waals surface area contributed by atoms with Crippen molar-refractivity contribution in [1.82, 2.24) is 4.98 Å². The number of nitrogens with two attached hydrogens (primary N) is 1. The van der Waals surface area contributed by atoms with E-state index in [1.165, 1.54) is 18.2 Å². The molecule has 2 aromatic rings. The van der Waals surface area contributed by atoms with Crippen LogP contribution in [0.5, 0.6) is 0 Å². The van der Waals surface area contributed by atoms with Crippen LogP contribution in [0.3, 0.4) is 0 Å². The van der Waals surface area contributed by atoms with E-state index in [4.69, 9.17) is 5.73 Å². The first-order valence-corrected chi connectivity index (χ1v) is 6.12. The fraction of sp³-hybridized carbons (Fsp3) is 0. The Morgan fingerprint density at radius 2 is 1.80 bits per heavy atom. The molecule has 2 rings (SSSR count). The molecule has 20 heavy (non-hydrogen) atoms. The Bertz CT molecular complexity index is 692. The summed E-state index contributed by atoms with van der Waals surface area (Å²) in [4.78, 5) is 24.8. The zero-order valence-electron chi connectivity index (χ0n) is 9.92. The summed E-state index contributed by atoms with van der Waals surface area (Å²) in [5.74, 6) is -0.0136. The predicted molar refractivity (Wildman–Crippen MR) is 72.5 cm³/mol. The topological polar surface area (TPSA) is 125 Å². The first-order chi connectivity index (χ1) is 9.47. The number of hydrogen-bond donors (Lipinski definition) is 1. The van der Waals surface area contributed by atoms with Crippen LogP contribution in [0, 0.1) is 20.2 Å². The zero-order chi connectivity index (χ0) is 14.7. The maximum Gasteiger partial charge on any atom is 0.283 e. The monoisotopic (exact) mass is 292 g/mol. The molecule has 0 aliphatic heterocycles. The van der Waals surface area contributed by atoms with E-state index in [1.54, 1.807) is 12.1 Å². The Kier molecular flexibility index (Phi) is 3.80. The molecule has 1 aromatic carbocycles. The Labute approximate surface area is 116 Å². The van der Waals surface area contributed by atoms with Gasteiger partial charge >= 0.3 is 0 Å². The summed E-state index contributed by atoms with van der Waals surface area (Å²) in [6.45, 7) is 0. The summed E-state index contributed by atoms with van der Waals surface area (Å²) < 4.78 is 0. The summed E-state index contributed by atoms with van der Waals surface area (Å²) in [6, 6.07) is 8.41. The van der Waals surface area contributed by atoms with E-state index >= 15 is 0 Å². The van der Waals surface area contributed by atoms with Crippen molar-refractivity contribution in [2.75, 3.05) is 5.73 Å². The summed E-state index contributed by atoms with van der Waals surface area (Å²) in [6.07, 6.45) is 0. The standard InChI is InChI=1S/C11H8N4O4S/c12-10-5-7(14(16)17)6-11(13-10)20-9-4-2-1-3-8(9)15(18)19/h1-6H,(H2,12,13). The van der Waals surface area contributed by atoms with Crippen LogP contribution in [-0.4, -0.2) is 14.8 Å². The van der Waals surface area contributed by atoms with E-state index in [0.717, 1.165) is 17.8 Å². The van der Waals surface area contributed by atoms with Crippen LogP contribution in [0.15, 0.2) is 46.3 Å². The minimum Gasteiger partial charge on any atom is -0.383 e. The number of nitrogens with zero attached hydrogens (tertiary/aromatic N) is 3. The van der Waals surface area contributed by atoms with Gasteiger partial charge in [0.15, 0.2) is 0 Å². The second kappa shape index (κ2) is 5.53. The van der Waals surface area contributed by atoms with Gasteiger partial charge in [0.2, 0.25) is 0 Å². The van der Waals surface area contributed by atoms with Gasteiger partial charge in [-0.3, -0.25) is 20.2 Å². The maximum absolute atomic E-state index is 10.9. The van der Waals surface area contributed by atoms with Crippen molar-refractivity contribution in [2.24, 2.45) is 0 Å². The minimum atomic E-state index is -0.596. The van der Waals surface area contributed by atoms with Gasteiger partial charge in [0, 0.05) is 12.1 Å². The summed E-state index contributed by atoms with van der Waals surface area (Å²) in [5.41, 5.74) is 5.18. The van der Waals surface area contributed by atoms with Crippen LogP contribution >= 0.6 is 11.8 Å². The molecule has 0 bridgehead atoms. The van der Waals surface area contributed by atoms with Gasteiger partial charge in [-0.1, -0.05) is 23.9 Å². The van der Waals surface area contributed by atoms with Crippen molar-refractivity contribution in [3.8, 4) is 0 Å². The number of nitrogen functional groups attached to an aromatic ring is 1. The fourth-order valence-corrected chi connectivity index (χ4v) is 2.43. The van der Waals surface area contributed by atoms with E-state index in [9.17, 15) is 20.2 Å². The van der Waals surface area contributed by atoms with E-state index in [2.05, 4.69) is 4.98 Å². The SMILES string of the molecule is Nc1cc([N+](=O)[O-])cc(Sc2ccccc2[N+](=O)[O-])n1. The molecule has 0 amide bonds. The van der Waals surface area contributed by atoms with E-state index < -0.39 is 9.85 Å². The normalized spacial score (nSPS) is 10.2. The number of pyridine rings is 1. The van der Waals surface area contributed by atoms with Crippen molar-refractivity contribution in [3.63, 3.8) is 0 Å². The highest BCUT2D eigenvalue weighted by atomic mass is 32.2. The minimum absolute atomic E-state index is 0.0136. The number of benzene rings is 1. The fourth-order valence-electron chi connectivity index (χ4n) is 1.48. The lowest BCUT2D eigenvalue weighted by atomic mass is 10.3. The molecule has 102 valence electrons. The van der Waals surface area contributed by atoms with E-state index in [1.807, 2.05) is 0 Å². The van der Waals surface area contributed by atoms with Crippen LogP contribution in [-0.2, 0) is 0 Å². The van der Waals surface area contributed by atoms with Gasteiger partial charge in [-0.25, -0.2) is 4.98 Å². The first-order valence-electron chi connectivity index (χ1n) is 5.30. The molecule has 0 saturated heterocycles. The van der Waals surface area contributed by atoms with Gasteiger partial charge in [0.05, 0.1) is 20.8 Å². The quantitative estimate of drug-likeness (QED) is 0.678. The number of nitro groups is 2. The molecule has 0 saturated carbocycles. The van der Waals surface area contributed by atoms with Crippen molar-refractivity contribution >= 4 is 29.0 Å². The molecule has 0 fully saturated rings. The molecule has 0 aliphatic rings. The van der Waals surface area contributed by atoms with Gasteiger partial charge < -0.3 is 5.73 Å². The van der Waals surface area contributed by atoms with Gasteiger partial charge in [-0.15, -0.1) is 0 Å². The van der Waals surface area contributed by atoms with E-state index in [0.29, 0.717) is 4.90 Å². The Morgan fingerprint density at radius 1 is 1.10 bits per heavy atom. The molecule has 0 atom stereocenters. The van der Waals surface area contributed by atoms with Crippen molar-refractivity contribution in [2.45, 2.75) is 9.92 Å². The number of aromatic nitrogens is 1. The predicted octanol–water partition coefficient (Wildman–Crippen LogP) is 2.63. The number of anilines is 1. The summed E-state index contributed by atoms with van der Waals surface area (Å²) in [7, 11) is 0. The average Bonchev–Trinajstić information content (AvgIpc) is 2.38. The number of para-hydroxylation sites is 1. The maximum atomic E-state index is 10.9. The van der Waals surface area contributed by atoms with Crippen LogP contribution in [0.25, 0.3) is 0 Å². The third-order valence-electron chi connectivity index (χ3n) is 2.29. The average molecular weight is 292 g/mol. The van der Waals surface area contributed by atoms with Crippen molar-refractivity contribution in [1.29, 1.82) is 0 Å². The highest BCUT2D eigenvalue weighted by Gasteiger charge is 2.16. The number of rotatable bonds is 4. The lowest BCUT2D eigenvalue weighted by Gasteiger charge is -2.03. The lowest BCUT2D eigenvalue weighted by Crippen LogP contribution is -1.96. The van der Waals surface area contributed by atoms with Gasteiger partial charge in [0.25, 0.3) is 11.4 Å². The smallest absolute Gasteiger partial charge is 0.283 e. The van der Waals surface area contributed by atoms with E-state index in [-0.39, 0.29) is 22.2 Å². The van der Waals surface area contributed by atoms with Gasteiger partial charge in [-0.2, -0.15) is 0 Å². The summed E-state index contributed by atoms with van der Waals surface area (Å²) >= 11 is 0.951. The van der Waals surface area contributed by atoms with Crippen LogP contribution < -0.4 is 5.73 Å². The van der Waals surface area contributed by atoms with Crippen molar-refractivity contribution < 1.29 is 9.85 Å². The first kappa shape index (κ1) is 13.7. The molecular formula is C11H8N4O4S. The van der Waals surface area contributed by atoms with Gasteiger partial charge in [-0.05, 0) is 6.07 Å². The highest BCUT2D eigenvalue weighted by Crippen LogP contribution is 2.35.